The summed E-state index contributed by atoms with van der Waals surface area (Å²) in [6, 6.07) is 7.76. The third-order valence-electron chi connectivity index (χ3n) is 2.88. The maximum absolute atomic E-state index is 11.2. The van der Waals surface area contributed by atoms with Crippen LogP contribution in [-0.2, 0) is 11.2 Å². The minimum Gasteiger partial charge on any atom is -0.340 e. The summed E-state index contributed by atoms with van der Waals surface area (Å²) in [5.41, 5.74) is 3.71. The van der Waals surface area contributed by atoms with E-state index in [0.717, 1.165) is 34.9 Å². The molecule has 0 radical (unpaired) electrons. The fourth-order valence-electron chi connectivity index (χ4n) is 1.94. The summed E-state index contributed by atoms with van der Waals surface area (Å²) in [5, 5.41) is 6.06. The van der Waals surface area contributed by atoms with E-state index < -0.39 is 0 Å². The van der Waals surface area contributed by atoms with Crippen molar-refractivity contribution < 1.29 is 4.79 Å². The van der Waals surface area contributed by atoms with Gasteiger partial charge in [0.1, 0.15) is 12.1 Å². The van der Waals surface area contributed by atoms with E-state index in [1.165, 1.54) is 13.3 Å². The number of benzene rings is 1. The van der Waals surface area contributed by atoms with Gasteiger partial charge in [0, 0.05) is 30.1 Å². The van der Waals surface area contributed by atoms with Gasteiger partial charge in [-0.2, -0.15) is 0 Å². The highest BCUT2D eigenvalue weighted by Gasteiger charge is 2.05. The predicted octanol–water partition coefficient (Wildman–Crippen LogP) is 3.05. The maximum Gasteiger partial charge on any atom is 0.221 e. The maximum atomic E-state index is 11.2. The van der Waals surface area contributed by atoms with Gasteiger partial charge in [0.15, 0.2) is 0 Å². The Hall–Kier alpha value is -2.43. The molecule has 0 spiro atoms. The van der Waals surface area contributed by atoms with Crippen LogP contribution in [0.1, 0.15) is 25.1 Å². The van der Waals surface area contributed by atoms with Crippen LogP contribution in [0.2, 0.25) is 0 Å². The summed E-state index contributed by atoms with van der Waals surface area (Å²) >= 11 is 0. The predicted molar refractivity (Wildman–Crippen MR) is 80.2 cm³/mol. The van der Waals surface area contributed by atoms with Gasteiger partial charge < -0.3 is 10.6 Å². The number of hydrogen-bond acceptors (Lipinski definition) is 4. The molecular formula is C15H18N4O. The highest BCUT2D eigenvalue weighted by molar-refractivity contribution is 5.90. The highest BCUT2D eigenvalue weighted by atomic mass is 16.1. The van der Waals surface area contributed by atoms with Crippen LogP contribution in [0, 0.1) is 6.92 Å². The van der Waals surface area contributed by atoms with Crippen molar-refractivity contribution >= 4 is 23.1 Å². The number of hydrogen-bond donors (Lipinski definition) is 2. The van der Waals surface area contributed by atoms with Gasteiger partial charge in [-0.15, -0.1) is 0 Å². The van der Waals surface area contributed by atoms with Gasteiger partial charge in [0.25, 0.3) is 0 Å². The number of carbonyl (C=O) groups is 1. The second-order valence-corrected chi connectivity index (χ2v) is 4.58. The van der Waals surface area contributed by atoms with Crippen LogP contribution in [0.3, 0.4) is 0 Å². The van der Waals surface area contributed by atoms with Crippen molar-refractivity contribution in [1.29, 1.82) is 0 Å². The first-order chi connectivity index (χ1) is 9.58. The van der Waals surface area contributed by atoms with Crippen molar-refractivity contribution in [2.75, 3.05) is 10.6 Å². The fourth-order valence-corrected chi connectivity index (χ4v) is 1.94. The molecule has 1 amide bonds. The number of rotatable bonds is 4. The zero-order valence-corrected chi connectivity index (χ0v) is 11.9. The van der Waals surface area contributed by atoms with E-state index in [0.29, 0.717) is 0 Å². The zero-order valence-electron chi connectivity index (χ0n) is 11.9. The van der Waals surface area contributed by atoms with Crippen LogP contribution in [0.25, 0.3) is 0 Å². The average Bonchev–Trinajstić information content (AvgIpc) is 2.38. The van der Waals surface area contributed by atoms with Gasteiger partial charge in [-0.1, -0.05) is 13.0 Å². The molecule has 0 fully saturated rings. The zero-order chi connectivity index (χ0) is 14.5. The Morgan fingerprint density at radius 1 is 1.25 bits per heavy atom. The number of amides is 1. The molecule has 1 aromatic heterocycles. The normalized spacial score (nSPS) is 10.2. The molecule has 0 saturated heterocycles. The topological polar surface area (TPSA) is 66.9 Å². The number of nitrogens with zero attached hydrogens (tertiary/aromatic N) is 2. The third-order valence-corrected chi connectivity index (χ3v) is 2.88. The fraction of sp³-hybridized carbons (Fsp3) is 0.267. The van der Waals surface area contributed by atoms with Gasteiger partial charge in [0.2, 0.25) is 5.91 Å². The largest absolute Gasteiger partial charge is 0.340 e. The first-order valence-corrected chi connectivity index (χ1v) is 6.54. The van der Waals surface area contributed by atoms with E-state index in [1.54, 1.807) is 0 Å². The Morgan fingerprint density at radius 2 is 2.05 bits per heavy atom. The lowest BCUT2D eigenvalue weighted by Gasteiger charge is -2.12. The Balaban J connectivity index is 2.26. The smallest absolute Gasteiger partial charge is 0.221 e. The van der Waals surface area contributed by atoms with Gasteiger partial charge in [-0.25, -0.2) is 9.97 Å². The Labute approximate surface area is 118 Å². The van der Waals surface area contributed by atoms with E-state index in [9.17, 15) is 4.79 Å². The first kappa shape index (κ1) is 14.0. The molecule has 20 heavy (non-hydrogen) atoms. The van der Waals surface area contributed by atoms with Crippen molar-refractivity contribution in [3.05, 3.63) is 41.9 Å². The number of aryl methyl sites for hydroxylation is 2. The molecule has 0 saturated carbocycles. The van der Waals surface area contributed by atoms with Gasteiger partial charge in [-0.3, -0.25) is 4.79 Å². The lowest BCUT2D eigenvalue weighted by atomic mass is 10.1. The molecule has 1 aromatic carbocycles. The van der Waals surface area contributed by atoms with Crippen molar-refractivity contribution in [2.45, 2.75) is 27.2 Å². The standard InChI is InChI=1S/C15H18N4O/c1-4-12-5-6-13(8-14(12)18-11(3)20)19-15-7-10(2)16-9-17-15/h5-9H,4H2,1-3H3,(H,18,20)(H,16,17,19). The molecule has 0 unspecified atom stereocenters. The van der Waals surface area contributed by atoms with Crippen molar-refractivity contribution in [3.8, 4) is 0 Å². The summed E-state index contributed by atoms with van der Waals surface area (Å²) in [5.74, 6) is 0.658. The number of nitrogens with one attached hydrogen (secondary N) is 2. The van der Waals surface area contributed by atoms with Crippen molar-refractivity contribution in [3.63, 3.8) is 0 Å². The van der Waals surface area contributed by atoms with E-state index in [-0.39, 0.29) is 5.91 Å². The second kappa shape index (κ2) is 6.14. The minimum atomic E-state index is -0.0743. The van der Waals surface area contributed by atoms with Crippen LogP contribution in [0.15, 0.2) is 30.6 Å². The van der Waals surface area contributed by atoms with Crippen LogP contribution >= 0.6 is 0 Å². The van der Waals surface area contributed by atoms with Gasteiger partial charge in [-0.05, 0) is 31.0 Å². The molecule has 5 heteroatoms. The molecule has 0 aliphatic rings. The van der Waals surface area contributed by atoms with Crippen LogP contribution in [-0.4, -0.2) is 15.9 Å². The monoisotopic (exact) mass is 270 g/mol. The second-order valence-electron chi connectivity index (χ2n) is 4.58. The highest BCUT2D eigenvalue weighted by Crippen LogP contribution is 2.23. The van der Waals surface area contributed by atoms with E-state index >= 15 is 0 Å². The van der Waals surface area contributed by atoms with E-state index in [2.05, 4.69) is 27.5 Å². The quantitative estimate of drug-likeness (QED) is 0.896. The SMILES string of the molecule is CCc1ccc(Nc2cc(C)ncn2)cc1NC(C)=O. The van der Waals surface area contributed by atoms with Crippen LogP contribution in [0.4, 0.5) is 17.2 Å². The minimum absolute atomic E-state index is 0.0743. The Kier molecular flexibility index (Phi) is 4.30. The third kappa shape index (κ3) is 3.54. The number of aromatic nitrogens is 2. The van der Waals surface area contributed by atoms with E-state index in [4.69, 9.17) is 0 Å². The summed E-state index contributed by atoms with van der Waals surface area (Å²) in [7, 11) is 0. The summed E-state index contributed by atoms with van der Waals surface area (Å²) in [6.07, 6.45) is 2.38. The molecule has 0 aliphatic carbocycles. The number of anilines is 3. The molecule has 2 N–H and O–H groups in total. The lowest BCUT2D eigenvalue weighted by Crippen LogP contribution is -2.08. The summed E-state index contributed by atoms with van der Waals surface area (Å²) in [4.78, 5) is 19.5. The average molecular weight is 270 g/mol. The van der Waals surface area contributed by atoms with Gasteiger partial charge in [0.05, 0.1) is 0 Å². The Bertz CT molecular complexity index is 625. The molecule has 1 heterocycles. The van der Waals surface area contributed by atoms with Crippen molar-refractivity contribution in [2.24, 2.45) is 0 Å². The van der Waals surface area contributed by atoms with Crippen LogP contribution < -0.4 is 10.6 Å². The van der Waals surface area contributed by atoms with Gasteiger partial charge >= 0.3 is 0 Å². The summed E-state index contributed by atoms with van der Waals surface area (Å²) in [6.45, 7) is 5.48. The van der Waals surface area contributed by atoms with Crippen LogP contribution in [0.5, 0.6) is 0 Å². The molecule has 2 rings (SSSR count). The molecule has 104 valence electrons. The molecule has 0 bridgehead atoms. The van der Waals surface area contributed by atoms with E-state index in [1.807, 2.05) is 31.2 Å². The molecular weight excluding hydrogens is 252 g/mol. The lowest BCUT2D eigenvalue weighted by molar-refractivity contribution is -0.114. The molecule has 0 atom stereocenters. The number of carbonyl (C=O) groups excluding carboxylic acids is 1. The summed E-state index contributed by atoms with van der Waals surface area (Å²) < 4.78 is 0. The molecule has 0 aliphatic heterocycles. The Morgan fingerprint density at radius 3 is 2.70 bits per heavy atom. The first-order valence-electron chi connectivity index (χ1n) is 6.54. The van der Waals surface area contributed by atoms with Crippen molar-refractivity contribution in [1.82, 2.24) is 9.97 Å². The molecule has 2 aromatic rings. The molecule has 5 nitrogen and oxygen atoms in total.